The van der Waals surface area contributed by atoms with Crippen molar-refractivity contribution in [3.05, 3.63) is 48.3 Å². The SMILES string of the molecule is CCC[C@@H]1N(C(=O)C2(Cn3cccn3)CC2)CC[C@@]12C(=O)Nc1ccccc12. The number of likely N-dealkylation sites (tertiary alicyclic amines) is 1. The number of benzene rings is 1. The van der Waals surface area contributed by atoms with E-state index in [1.165, 1.54) is 0 Å². The lowest BCUT2D eigenvalue weighted by atomic mass is 9.73. The van der Waals surface area contributed by atoms with Crippen LogP contribution in [0.25, 0.3) is 0 Å². The van der Waals surface area contributed by atoms with Gasteiger partial charge in [-0.3, -0.25) is 14.3 Å². The van der Waals surface area contributed by atoms with Crippen LogP contribution in [0, 0.1) is 5.41 Å². The van der Waals surface area contributed by atoms with Gasteiger partial charge in [-0.1, -0.05) is 31.5 Å². The molecule has 2 amide bonds. The summed E-state index contributed by atoms with van der Waals surface area (Å²) in [7, 11) is 0. The number of amides is 2. The average Bonchev–Trinajstić information content (AvgIpc) is 3.03. The van der Waals surface area contributed by atoms with Crippen LogP contribution in [0.3, 0.4) is 0 Å². The summed E-state index contributed by atoms with van der Waals surface area (Å²) in [5, 5.41) is 7.38. The fourth-order valence-corrected chi connectivity index (χ4v) is 5.32. The molecule has 6 heteroatoms. The van der Waals surface area contributed by atoms with Gasteiger partial charge < -0.3 is 10.2 Å². The van der Waals surface area contributed by atoms with Crippen molar-refractivity contribution in [1.82, 2.24) is 14.7 Å². The highest BCUT2D eigenvalue weighted by molar-refractivity contribution is 6.07. The summed E-state index contributed by atoms with van der Waals surface area (Å²) in [6, 6.07) is 9.78. The Labute approximate surface area is 164 Å². The minimum Gasteiger partial charge on any atom is -0.338 e. The number of nitrogens with zero attached hydrogens (tertiary/aromatic N) is 3. The fraction of sp³-hybridized carbons (Fsp3) is 0.500. The van der Waals surface area contributed by atoms with Gasteiger partial charge in [0, 0.05) is 24.6 Å². The minimum atomic E-state index is -0.607. The Hall–Kier alpha value is -2.63. The standard InChI is InChI=1S/C22H26N4O2/c1-2-6-18-22(16-7-3-4-8-17(16)24-19(22)27)11-14-26(18)20(28)21(9-10-21)15-25-13-5-12-23-25/h3-5,7-8,12-13,18H,2,6,9-11,14-15H2,1H3,(H,24,27)/t18-,22-/m0/s1. The highest BCUT2D eigenvalue weighted by Gasteiger charge is 2.62. The van der Waals surface area contributed by atoms with Gasteiger partial charge in [0.05, 0.1) is 23.4 Å². The van der Waals surface area contributed by atoms with E-state index >= 15 is 0 Å². The number of carbonyl (C=O) groups is 2. The van der Waals surface area contributed by atoms with Gasteiger partial charge in [0.1, 0.15) is 0 Å². The first-order chi connectivity index (χ1) is 13.6. The number of nitrogens with one attached hydrogen (secondary N) is 1. The van der Waals surface area contributed by atoms with E-state index in [1.807, 2.05) is 40.0 Å². The molecule has 1 saturated carbocycles. The van der Waals surface area contributed by atoms with Crippen molar-refractivity contribution < 1.29 is 9.59 Å². The van der Waals surface area contributed by atoms with Crippen LogP contribution in [0.5, 0.6) is 0 Å². The molecule has 1 saturated heterocycles. The van der Waals surface area contributed by atoms with E-state index in [2.05, 4.69) is 23.4 Å². The number of hydrogen-bond donors (Lipinski definition) is 1. The number of rotatable bonds is 5. The molecule has 1 spiro atoms. The molecule has 28 heavy (non-hydrogen) atoms. The molecule has 2 aromatic rings. The largest absolute Gasteiger partial charge is 0.338 e. The predicted octanol–water partition coefficient (Wildman–Crippen LogP) is 2.95. The molecule has 1 aromatic heterocycles. The summed E-state index contributed by atoms with van der Waals surface area (Å²) in [5.41, 5.74) is 1.01. The summed E-state index contributed by atoms with van der Waals surface area (Å²) in [6.45, 7) is 3.40. The molecule has 2 fully saturated rings. The van der Waals surface area contributed by atoms with Gasteiger partial charge in [-0.25, -0.2) is 0 Å². The van der Waals surface area contributed by atoms with Crippen LogP contribution in [0.15, 0.2) is 42.7 Å². The molecule has 5 rings (SSSR count). The zero-order valence-corrected chi connectivity index (χ0v) is 16.2. The topological polar surface area (TPSA) is 67.2 Å². The van der Waals surface area contributed by atoms with Crippen molar-refractivity contribution in [3.63, 3.8) is 0 Å². The van der Waals surface area contributed by atoms with Gasteiger partial charge in [0.2, 0.25) is 11.8 Å². The Balaban J connectivity index is 1.48. The second kappa shape index (κ2) is 6.19. The molecule has 6 nitrogen and oxygen atoms in total. The predicted molar refractivity (Wildman–Crippen MR) is 106 cm³/mol. The molecule has 1 N–H and O–H groups in total. The summed E-state index contributed by atoms with van der Waals surface area (Å²) in [6.07, 6.45) is 7.95. The Bertz CT molecular complexity index is 918. The Morgan fingerprint density at radius 1 is 1.25 bits per heavy atom. The highest BCUT2D eigenvalue weighted by Crippen LogP contribution is 2.54. The van der Waals surface area contributed by atoms with Crippen molar-refractivity contribution in [2.24, 2.45) is 5.41 Å². The van der Waals surface area contributed by atoms with E-state index in [0.29, 0.717) is 19.5 Å². The number of anilines is 1. The number of aromatic nitrogens is 2. The van der Waals surface area contributed by atoms with E-state index in [4.69, 9.17) is 0 Å². The monoisotopic (exact) mass is 378 g/mol. The first-order valence-electron chi connectivity index (χ1n) is 10.3. The van der Waals surface area contributed by atoms with Crippen LogP contribution in [0.1, 0.15) is 44.6 Å². The highest BCUT2D eigenvalue weighted by atomic mass is 16.2. The zero-order valence-electron chi connectivity index (χ0n) is 16.2. The third-order valence-electron chi connectivity index (χ3n) is 6.91. The zero-order chi connectivity index (χ0) is 19.4. The quantitative estimate of drug-likeness (QED) is 0.870. The van der Waals surface area contributed by atoms with E-state index in [0.717, 1.165) is 36.9 Å². The number of para-hydroxylation sites is 1. The van der Waals surface area contributed by atoms with Gasteiger partial charge >= 0.3 is 0 Å². The van der Waals surface area contributed by atoms with Crippen LogP contribution >= 0.6 is 0 Å². The lowest BCUT2D eigenvalue weighted by Crippen LogP contribution is -2.50. The van der Waals surface area contributed by atoms with Crippen molar-refractivity contribution in [3.8, 4) is 0 Å². The molecule has 2 atom stereocenters. The van der Waals surface area contributed by atoms with E-state index in [-0.39, 0.29) is 23.3 Å². The summed E-state index contributed by atoms with van der Waals surface area (Å²) in [5.74, 6) is 0.259. The summed E-state index contributed by atoms with van der Waals surface area (Å²) in [4.78, 5) is 28.8. The minimum absolute atomic E-state index is 0.0550. The molecule has 2 aliphatic heterocycles. The molecule has 3 heterocycles. The second-order valence-corrected chi connectivity index (χ2v) is 8.51. The van der Waals surface area contributed by atoms with Crippen LogP contribution in [-0.2, 0) is 21.5 Å². The molecule has 146 valence electrons. The van der Waals surface area contributed by atoms with Crippen molar-refractivity contribution in [2.75, 3.05) is 11.9 Å². The van der Waals surface area contributed by atoms with Gasteiger partial charge in [-0.05, 0) is 43.4 Å². The molecule has 0 radical (unpaired) electrons. The maximum absolute atomic E-state index is 13.7. The van der Waals surface area contributed by atoms with Crippen LogP contribution in [0.2, 0.25) is 0 Å². The van der Waals surface area contributed by atoms with Gasteiger partial charge in [0.25, 0.3) is 0 Å². The van der Waals surface area contributed by atoms with Gasteiger partial charge in [0.15, 0.2) is 0 Å². The van der Waals surface area contributed by atoms with E-state index < -0.39 is 5.41 Å². The van der Waals surface area contributed by atoms with Gasteiger partial charge in [-0.15, -0.1) is 0 Å². The van der Waals surface area contributed by atoms with E-state index in [9.17, 15) is 9.59 Å². The first-order valence-corrected chi connectivity index (χ1v) is 10.3. The van der Waals surface area contributed by atoms with Crippen LogP contribution < -0.4 is 5.32 Å². The van der Waals surface area contributed by atoms with Crippen molar-refractivity contribution >= 4 is 17.5 Å². The lowest BCUT2D eigenvalue weighted by Gasteiger charge is -2.35. The molecule has 0 unspecified atom stereocenters. The molecule has 3 aliphatic rings. The molecule has 1 aromatic carbocycles. The molecule has 1 aliphatic carbocycles. The summed E-state index contributed by atoms with van der Waals surface area (Å²) < 4.78 is 1.86. The third-order valence-corrected chi connectivity index (χ3v) is 6.91. The number of fused-ring (bicyclic) bond motifs is 2. The molecular formula is C22H26N4O2. The molecular weight excluding hydrogens is 352 g/mol. The summed E-state index contributed by atoms with van der Waals surface area (Å²) >= 11 is 0. The van der Waals surface area contributed by atoms with Crippen molar-refractivity contribution in [2.45, 2.75) is 57.0 Å². The normalized spacial score (nSPS) is 27.1. The molecule has 0 bridgehead atoms. The third kappa shape index (κ3) is 2.36. The first kappa shape index (κ1) is 17.5. The second-order valence-electron chi connectivity index (χ2n) is 8.51. The maximum atomic E-state index is 13.7. The maximum Gasteiger partial charge on any atom is 0.237 e. The Kier molecular flexibility index (Phi) is 3.86. The number of carbonyl (C=O) groups excluding carboxylic acids is 2. The Morgan fingerprint density at radius 2 is 2.07 bits per heavy atom. The fourth-order valence-electron chi connectivity index (χ4n) is 5.32. The van der Waals surface area contributed by atoms with Crippen LogP contribution in [0.4, 0.5) is 5.69 Å². The van der Waals surface area contributed by atoms with Crippen LogP contribution in [-0.4, -0.2) is 39.1 Å². The lowest BCUT2D eigenvalue weighted by molar-refractivity contribution is -0.139. The smallest absolute Gasteiger partial charge is 0.237 e. The Morgan fingerprint density at radius 3 is 2.79 bits per heavy atom. The van der Waals surface area contributed by atoms with E-state index in [1.54, 1.807) is 6.20 Å². The average molecular weight is 378 g/mol. The van der Waals surface area contributed by atoms with Crippen molar-refractivity contribution in [1.29, 1.82) is 0 Å². The van der Waals surface area contributed by atoms with Gasteiger partial charge in [-0.2, -0.15) is 5.10 Å². The number of hydrogen-bond acceptors (Lipinski definition) is 3.